The highest BCUT2D eigenvalue weighted by Gasteiger charge is 2.11. The molecule has 0 fully saturated rings. The van der Waals surface area contributed by atoms with Crippen LogP contribution in [0.2, 0.25) is 0 Å². The summed E-state index contributed by atoms with van der Waals surface area (Å²) in [4.78, 5) is 4.57. The van der Waals surface area contributed by atoms with Gasteiger partial charge in [-0.1, -0.05) is 31.5 Å². The van der Waals surface area contributed by atoms with E-state index in [0.717, 1.165) is 23.9 Å². The van der Waals surface area contributed by atoms with Crippen LogP contribution in [0, 0.1) is 0 Å². The summed E-state index contributed by atoms with van der Waals surface area (Å²) in [6, 6.07) is 14.0. The number of aryl methyl sites for hydroxylation is 1. The molecular formula is C17H18N2O. The molecule has 0 aliphatic rings. The number of aromatic nitrogens is 1. The summed E-state index contributed by atoms with van der Waals surface area (Å²) in [6.07, 6.45) is 3.37. The summed E-state index contributed by atoms with van der Waals surface area (Å²) < 4.78 is 5.81. The molecule has 1 heterocycles. The van der Waals surface area contributed by atoms with Gasteiger partial charge in [0.05, 0.1) is 5.69 Å². The first-order valence-electron chi connectivity index (χ1n) is 7.02. The molecule has 102 valence electrons. The SMILES string of the molecule is CCCCc1cc(N)c2oc(-c3ccccc3)nc2c1. The van der Waals surface area contributed by atoms with Crippen molar-refractivity contribution in [3.8, 4) is 11.5 Å². The van der Waals surface area contributed by atoms with Gasteiger partial charge in [0.25, 0.3) is 0 Å². The van der Waals surface area contributed by atoms with Crippen molar-refractivity contribution in [3.05, 3.63) is 48.0 Å². The van der Waals surface area contributed by atoms with Crippen LogP contribution in [-0.2, 0) is 6.42 Å². The molecule has 3 nitrogen and oxygen atoms in total. The molecule has 2 aromatic carbocycles. The topological polar surface area (TPSA) is 52.0 Å². The Hall–Kier alpha value is -2.29. The van der Waals surface area contributed by atoms with E-state index in [9.17, 15) is 0 Å². The second-order valence-electron chi connectivity index (χ2n) is 5.02. The number of hydrogen-bond acceptors (Lipinski definition) is 3. The molecule has 0 unspecified atom stereocenters. The highest BCUT2D eigenvalue weighted by Crippen LogP contribution is 2.29. The molecule has 0 saturated heterocycles. The van der Waals surface area contributed by atoms with E-state index < -0.39 is 0 Å². The molecule has 3 heteroatoms. The van der Waals surface area contributed by atoms with E-state index >= 15 is 0 Å². The number of rotatable bonds is 4. The Kier molecular flexibility index (Phi) is 3.42. The fourth-order valence-electron chi connectivity index (χ4n) is 2.35. The van der Waals surface area contributed by atoms with Crippen molar-refractivity contribution in [3.63, 3.8) is 0 Å². The Morgan fingerprint density at radius 1 is 1.15 bits per heavy atom. The molecule has 0 saturated carbocycles. The van der Waals surface area contributed by atoms with Crippen molar-refractivity contribution in [1.29, 1.82) is 0 Å². The number of unbranched alkanes of at least 4 members (excludes halogenated alkanes) is 1. The van der Waals surface area contributed by atoms with Gasteiger partial charge in [-0.15, -0.1) is 0 Å². The summed E-state index contributed by atoms with van der Waals surface area (Å²) in [7, 11) is 0. The maximum atomic E-state index is 6.09. The van der Waals surface area contributed by atoms with Crippen molar-refractivity contribution in [2.45, 2.75) is 26.2 Å². The lowest BCUT2D eigenvalue weighted by Crippen LogP contribution is -1.90. The number of hydrogen-bond donors (Lipinski definition) is 1. The Balaban J connectivity index is 2.04. The first-order chi connectivity index (χ1) is 9.78. The molecular weight excluding hydrogens is 248 g/mol. The van der Waals surface area contributed by atoms with Gasteiger partial charge in [0.1, 0.15) is 5.52 Å². The van der Waals surface area contributed by atoms with Gasteiger partial charge in [-0.05, 0) is 42.7 Å². The largest absolute Gasteiger partial charge is 0.434 e. The van der Waals surface area contributed by atoms with E-state index in [2.05, 4.69) is 18.0 Å². The van der Waals surface area contributed by atoms with Crippen LogP contribution in [0.25, 0.3) is 22.6 Å². The molecule has 20 heavy (non-hydrogen) atoms. The average Bonchev–Trinajstić information content (AvgIpc) is 2.91. The van der Waals surface area contributed by atoms with Crippen LogP contribution in [0.5, 0.6) is 0 Å². The molecule has 0 bridgehead atoms. The smallest absolute Gasteiger partial charge is 0.227 e. The standard InChI is InChI=1S/C17H18N2O/c1-2-3-7-12-10-14(18)16-15(11-12)19-17(20-16)13-8-5-4-6-9-13/h4-6,8-11H,2-3,7,18H2,1H3. The molecule has 0 radical (unpaired) electrons. The normalized spacial score (nSPS) is 11.1. The molecule has 3 aromatic rings. The maximum absolute atomic E-state index is 6.09. The Labute approximate surface area is 118 Å². The zero-order valence-corrected chi connectivity index (χ0v) is 11.6. The number of fused-ring (bicyclic) bond motifs is 1. The Morgan fingerprint density at radius 3 is 2.70 bits per heavy atom. The molecule has 0 aliphatic heterocycles. The summed E-state index contributed by atoms with van der Waals surface area (Å²) in [5, 5.41) is 0. The number of oxazole rings is 1. The van der Waals surface area contributed by atoms with Crippen LogP contribution in [0.4, 0.5) is 5.69 Å². The van der Waals surface area contributed by atoms with Gasteiger partial charge in [0, 0.05) is 5.56 Å². The van der Waals surface area contributed by atoms with Crippen molar-refractivity contribution in [1.82, 2.24) is 4.98 Å². The molecule has 0 aliphatic carbocycles. The predicted molar refractivity (Wildman–Crippen MR) is 82.5 cm³/mol. The number of nitrogens with zero attached hydrogens (tertiary/aromatic N) is 1. The monoisotopic (exact) mass is 266 g/mol. The fraction of sp³-hybridized carbons (Fsp3) is 0.235. The third-order valence-electron chi connectivity index (χ3n) is 3.42. The summed E-state index contributed by atoms with van der Waals surface area (Å²) in [6.45, 7) is 2.19. The van der Waals surface area contributed by atoms with Crippen LogP contribution in [0.3, 0.4) is 0 Å². The van der Waals surface area contributed by atoms with Crippen molar-refractivity contribution >= 4 is 16.8 Å². The Bertz CT molecular complexity index is 716. The number of benzene rings is 2. The van der Waals surface area contributed by atoms with E-state index in [1.165, 1.54) is 12.0 Å². The molecule has 1 aromatic heterocycles. The summed E-state index contributed by atoms with van der Waals surface area (Å²) in [5.41, 5.74) is 10.5. The van der Waals surface area contributed by atoms with E-state index in [1.807, 2.05) is 36.4 Å². The number of anilines is 1. The third-order valence-corrected chi connectivity index (χ3v) is 3.42. The Morgan fingerprint density at radius 2 is 1.95 bits per heavy atom. The van der Waals surface area contributed by atoms with Crippen LogP contribution >= 0.6 is 0 Å². The maximum Gasteiger partial charge on any atom is 0.227 e. The zero-order chi connectivity index (χ0) is 13.9. The molecule has 0 spiro atoms. The number of nitrogens with two attached hydrogens (primary N) is 1. The van der Waals surface area contributed by atoms with Crippen LogP contribution in [0.15, 0.2) is 46.9 Å². The van der Waals surface area contributed by atoms with E-state index in [4.69, 9.17) is 10.2 Å². The van der Waals surface area contributed by atoms with Gasteiger partial charge in [-0.25, -0.2) is 4.98 Å². The van der Waals surface area contributed by atoms with Gasteiger partial charge in [-0.2, -0.15) is 0 Å². The lowest BCUT2D eigenvalue weighted by atomic mass is 10.1. The molecule has 0 amide bonds. The zero-order valence-electron chi connectivity index (χ0n) is 11.6. The first-order valence-corrected chi connectivity index (χ1v) is 7.02. The average molecular weight is 266 g/mol. The number of nitrogen functional groups attached to an aromatic ring is 1. The second kappa shape index (κ2) is 5.37. The van der Waals surface area contributed by atoms with E-state index in [1.54, 1.807) is 0 Å². The van der Waals surface area contributed by atoms with Crippen LogP contribution < -0.4 is 5.73 Å². The minimum atomic E-state index is 0.625. The highest BCUT2D eigenvalue weighted by atomic mass is 16.3. The summed E-state index contributed by atoms with van der Waals surface area (Å²) in [5.74, 6) is 0.625. The predicted octanol–water partition coefficient (Wildman–Crippen LogP) is 4.42. The minimum Gasteiger partial charge on any atom is -0.434 e. The molecule has 2 N–H and O–H groups in total. The van der Waals surface area contributed by atoms with Crippen molar-refractivity contribution in [2.24, 2.45) is 0 Å². The van der Waals surface area contributed by atoms with Gasteiger partial charge in [0.2, 0.25) is 5.89 Å². The van der Waals surface area contributed by atoms with Gasteiger partial charge in [0.15, 0.2) is 5.58 Å². The fourth-order valence-corrected chi connectivity index (χ4v) is 2.35. The lowest BCUT2D eigenvalue weighted by molar-refractivity contribution is 0.621. The lowest BCUT2D eigenvalue weighted by Gasteiger charge is -2.01. The van der Waals surface area contributed by atoms with Gasteiger partial charge < -0.3 is 10.2 Å². The van der Waals surface area contributed by atoms with E-state index in [0.29, 0.717) is 17.2 Å². The van der Waals surface area contributed by atoms with E-state index in [-0.39, 0.29) is 0 Å². The van der Waals surface area contributed by atoms with Gasteiger partial charge >= 0.3 is 0 Å². The van der Waals surface area contributed by atoms with Crippen molar-refractivity contribution < 1.29 is 4.42 Å². The first kappa shape index (κ1) is 12.7. The second-order valence-corrected chi connectivity index (χ2v) is 5.02. The van der Waals surface area contributed by atoms with Crippen molar-refractivity contribution in [2.75, 3.05) is 5.73 Å². The highest BCUT2D eigenvalue weighted by molar-refractivity contribution is 5.87. The minimum absolute atomic E-state index is 0.625. The summed E-state index contributed by atoms with van der Waals surface area (Å²) >= 11 is 0. The quantitative estimate of drug-likeness (QED) is 0.711. The molecule has 0 atom stereocenters. The van der Waals surface area contributed by atoms with Crippen LogP contribution in [0.1, 0.15) is 25.3 Å². The third kappa shape index (κ3) is 2.39. The molecule has 3 rings (SSSR count). The van der Waals surface area contributed by atoms with Crippen LogP contribution in [-0.4, -0.2) is 4.98 Å². The van der Waals surface area contributed by atoms with Gasteiger partial charge in [-0.3, -0.25) is 0 Å².